The second kappa shape index (κ2) is 10.8. The lowest BCUT2D eigenvalue weighted by Crippen LogP contribution is -2.38. The summed E-state index contributed by atoms with van der Waals surface area (Å²) >= 11 is 0. The summed E-state index contributed by atoms with van der Waals surface area (Å²) in [4.78, 5) is 39.8. The summed E-state index contributed by atoms with van der Waals surface area (Å²) in [7, 11) is 0. The van der Waals surface area contributed by atoms with Crippen LogP contribution in [0.15, 0.2) is 18.2 Å². The maximum Gasteiger partial charge on any atom is 0.338 e. The van der Waals surface area contributed by atoms with Crippen LogP contribution in [-0.2, 0) is 14.3 Å². The van der Waals surface area contributed by atoms with E-state index in [4.69, 9.17) is 14.2 Å². The summed E-state index contributed by atoms with van der Waals surface area (Å²) < 4.78 is 16.6. The number of carbonyl (C=O) groups excluding carboxylic acids is 3. The number of esters is 1. The van der Waals surface area contributed by atoms with E-state index in [9.17, 15) is 14.4 Å². The molecule has 0 unspecified atom stereocenters. The molecule has 2 saturated heterocycles. The molecule has 8 nitrogen and oxygen atoms in total. The Morgan fingerprint density at radius 2 is 1.80 bits per heavy atom. The van der Waals surface area contributed by atoms with E-state index in [0.717, 1.165) is 38.8 Å². The average molecular weight is 418 g/mol. The molecule has 30 heavy (non-hydrogen) atoms. The predicted molar refractivity (Wildman–Crippen MR) is 110 cm³/mol. The molecule has 2 aliphatic heterocycles. The first-order chi connectivity index (χ1) is 14.6. The third kappa shape index (κ3) is 5.87. The van der Waals surface area contributed by atoms with Crippen LogP contribution in [0.1, 0.15) is 49.4 Å². The lowest BCUT2D eigenvalue weighted by Gasteiger charge is -2.26. The van der Waals surface area contributed by atoms with Crippen molar-refractivity contribution in [2.45, 2.75) is 39.0 Å². The topological polar surface area (TPSA) is 85.4 Å². The van der Waals surface area contributed by atoms with Gasteiger partial charge in [0, 0.05) is 26.1 Å². The van der Waals surface area contributed by atoms with E-state index in [1.165, 1.54) is 0 Å². The molecule has 0 aliphatic carbocycles. The van der Waals surface area contributed by atoms with Gasteiger partial charge in [-0.05, 0) is 50.8 Å². The molecule has 3 rings (SSSR count). The number of carbonyl (C=O) groups is 3. The van der Waals surface area contributed by atoms with Gasteiger partial charge in [0.25, 0.3) is 5.91 Å². The van der Waals surface area contributed by atoms with Crippen molar-refractivity contribution < 1.29 is 28.6 Å². The number of hydrogen-bond donors (Lipinski definition) is 0. The van der Waals surface area contributed by atoms with Gasteiger partial charge in [0.2, 0.25) is 5.91 Å². The molecule has 164 valence electrons. The Labute approximate surface area is 177 Å². The van der Waals surface area contributed by atoms with Crippen molar-refractivity contribution in [2.75, 3.05) is 46.0 Å². The minimum absolute atomic E-state index is 0.0444. The Hall–Kier alpha value is -2.77. The van der Waals surface area contributed by atoms with Crippen LogP contribution in [0.5, 0.6) is 11.5 Å². The zero-order valence-electron chi connectivity index (χ0n) is 17.6. The smallest absolute Gasteiger partial charge is 0.338 e. The van der Waals surface area contributed by atoms with Gasteiger partial charge in [-0.1, -0.05) is 0 Å². The van der Waals surface area contributed by atoms with Gasteiger partial charge >= 0.3 is 5.97 Å². The molecule has 0 saturated carbocycles. The van der Waals surface area contributed by atoms with Crippen LogP contribution in [-0.4, -0.2) is 73.6 Å². The summed E-state index contributed by atoms with van der Waals surface area (Å²) in [5, 5.41) is 0. The number of amides is 2. The lowest BCUT2D eigenvalue weighted by molar-refractivity contribution is -0.134. The number of likely N-dealkylation sites (tertiary alicyclic amines) is 2. The monoisotopic (exact) mass is 418 g/mol. The molecular formula is C22H30N2O6. The SMILES string of the molecule is CCOc1cc(C(=O)OCCN2CCCC2=O)ccc1OCC(=O)N1CCCCC1. The minimum Gasteiger partial charge on any atom is -0.490 e. The Kier molecular flexibility index (Phi) is 7.93. The van der Waals surface area contributed by atoms with Crippen molar-refractivity contribution in [1.29, 1.82) is 0 Å². The zero-order chi connectivity index (χ0) is 21.3. The van der Waals surface area contributed by atoms with Crippen molar-refractivity contribution >= 4 is 17.8 Å². The van der Waals surface area contributed by atoms with Gasteiger partial charge in [0.15, 0.2) is 18.1 Å². The normalized spacial score (nSPS) is 16.5. The van der Waals surface area contributed by atoms with E-state index >= 15 is 0 Å². The molecule has 2 amide bonds. The fourth-order valence-electron chi connectivity index (χ4n) is 3.67. The Balaban J connectivity index is 1.54. The maximum atomic E-state index is 12.4. The number of nitrogens with zero attached hydrogens (tertiary/aromatic N) is 2. The number of rotatable bonds is 9. The first-order valence-corrected chi connectivity index (χ1v) is 10.7. The van der Waals surface area contributed by atoms with Crippen molar-refractivity contribution in [1.82, 2.24) is 9.80 Å². The molecule has 0 bridgehead atoms. The van der Waals surface area contributed by atoms with E-state index in [1.807, 2.05) is 11.8 Å². The fraction of sp³-hybridized carbons (Fsp3) is 0.591. The Bertz CT molecular complexity index is 760. The second-order valence-electron chi connectivity index (χ2n) is 7.44. The van der Waals surface area contributed by atoms with E-state index in [-0.39, 0.29) is 25.0 Å². The van der Waals surface area contributed by atoms with Gasteiger partial charge < -0.3 is 24.0 Å². The van der Waals surface area contributed by atoms with Crippen LogP contribution in [0.3, 0.4) is 0 Å². The molecule has 0 atom stereocenters. The highest BCUT2D eigenvalue weighted by atomic mass is 16.5. The van der Waals surface area contributed by atoms with Crippen molar-refractivity contribution in [3.8, 4) is 11.5 Å². The third-order valence-corrected chi connectivity index (χ3v) is 5.30. The lowest BCUT2D eigenvalue weighted by atomic mass is 10.1. The Morgan fingerprint density at radius 1 is 1.00 bits per heavy atom. The second-order valence-corrected chi connectivity index (χ2v) is 7.44. The molecular weight excluding hydrogens is 388 g/mol. The van der Waals surface area contributed by atoms with Gasteiger partial charge in [-0.3, -0.25) is 9.59 Å². The first kappa shape index (κ1) is 21.9. The van der Waals surface area contributed by atoms with E-state index in [1.54, 1.807) is 23.1 Å². The quantitative estimate of drug-likeness (QED) is 0.572. The van der Waals surface area contributed by atoms with Gasteiger partial charge in [0.05, 0.1) is 18.7 Å². The van der Waals surface area contributed by atoms with Gasteiger partial charge in [-0.15, -0.1) is 0 Å². The number of benzene rings is 1. The highest BCUT2D eigenvalue weighted by Gasteiger charge is 2.21. The number of piperidine rings is 1. The van der Waals surface area contributed by atoms with Gasteiger partial charge in [0.1, 0.15) is 6.61 Å². The summed E-state index contributed by atoms with van der Waals surface area (Å²) in [6.07, 6.45) is 4.63. The van der Waals surface area contributed by atoms with Gasteiger partial charge in [-0.25, -0.2) is 4.79 Å². The van der Waals surface area contributed by atoms with E-state index in [0.29, 0.717) is 43.2 Å². The summed E-state index contributed by atoms with van der Waals surface area (Å²) in [6.45, 7) is 4.98. The Morgan fingerprint density at radius 3 is 2.50 bits per heavy atom. The van der Waals surface area contributed by atoms with Crippen LogP contribution >= 0.6 is 0 Å². The standard InChI is InChI=1S/C22H30N2O6/c1-2-28-19-15-17(22(27)29-14-13-24-12-6-7-20(24)25)8-9-18(19)30-16-21(26)23-10-4-3-5-11-23/h8-9,15H,2-7,10-14,16H2,1H3. The van der Waals surface area contributed by atoms with Gasteiger partial charge in [-0.2, -0.15) is 0 Å². The maximum absolute atomic E-state index is 12.4. The molecule has 2 fully saturated rings. The van der Waals surface area contributed by atoms with Crippen LogP contribution in [0.25, 0.3) is 0 Å². The summed E-state index contributed by atoms with van der Waals surface area (Å²) in [5.74, 6) is 0.385. The predicted octanol–water partition coefficient (Wildman–Crippen LogP) is 2.26. The molecule has 1 aromatic carbocycles. The van der Waals surface area contributed by atoms with Crippen LogP contribution in [0, 0.1) is 0 Å². The molecule has 0 radical (unpaired) electrons. The summed E-state index contributed by atoms with van der Waals surface area (Å²) in [6, 6.07) is 4.77. The molecule has 0 aromatic heterocycles. The number of hydrogen-bond acceptors (Lipinski definition) is 6. The van der Waals surface area contributed by atoms with E-state index < -0.39 is 5.97 Å². The highest BCUT2D eigenvalue weighted by Crippen LogP contribution is 2.29. The minimum atomic E-state index is -0.487. The van der Waals surface area contributed by atoms with Crippen LogP contribution < -0.4 is 9.47 Å². The van der Waals surface area contributed by atoms with Crippen molar-refractivity contribution in [3.63, 3.8) is 0 Å². The first-order valence-electron chi connectivity index (χ1n) is 10.7. The molecule has 1 aromatic rings. The molecule has 2 aliphatic rings. The molecule has 0 spiro atoms. The number of ether oxygens (including phenoxy) is 3. The zero-order valence-corrected chi connectivity index (χ0v) is 17.6. The molecule has 8 heteroatoms. The summed E-state index contributed by atoms with van der Waals surface area (Å²) in [5.41, 5.74) is 0.334. The molecule has 2 heterocycles. The van der Waals surface area contributed by atoms with Crippen molar-refractivity contribution in [2.24, 2.45) is 0 Å². The molecule has 0 N–H and O–H groups in total. The van der Waals surface area contributed by atoms with Crippen LogP contribution in [0.2, 0.25) is 0 Å². The van der Waals surface area contributed by atoms with E-state index in [2.05, 4.69) is 0 Å². The van der Waals surface area contributed by atoms with Crippen LogP contribution in [0.4, 0.5) is 0 Å². The largest absolute Gasteiger partial charge is 0.490 e. The highest BCUT2D eigenvalue weighted by molar-refractivity contribution is 5.90. The van der Waals surface area contributed by atoms with Crippen molar-refractivity contribution in [3.05, 3.63) is 23.8 Å². The fourth-order valence-corrected chi connectivity index (χ4v) is 3.67. The third-order valence-electron chi connectivity index (χ3n) is 5.30. The average Bonchev–Trinajstić information content (AvgIpc) is 3.18.